The Hall–Kier alpha value is -1.65. The second kappa shape index (κ2) is 4.72. The molecule has 0 bridgehead atoms. The van der Waals surface area contributed by atoms with Gasteiger partial charge in [-0.15, -0.1) is 0 Å². The van der Waals surface area contributed by atoms with E-state index in [1.165, 1.54) is 12.1 Å². The van der Waals surface area contributed by atoms with E-state index in [9.17, 15) is 8.78 Å². The van der Waals surface area contributed by atoms with Crippen LogP contribution in [0.3, 0.4) is 0 Å². The first-order valence-electron chi connectivity index (χ1n) is 5.77. The maximum absolute atomic E-state index is 14.1. The van der Waals surface area contributed by atoms with E-state index in [4.69, 9.17) is 23.2 Å². The third-order valence-electron chi connectivity index (χ3n) is 3.04. The molecular weight excluding hydrogens is 305 g/mol. The summed E-state index contributed by atoms with van der Waals surface area (Å²) in [5.74, 6) is -1.21. The van der Waals surface area contributed by atoms with Crippen LogP contribution in [0.5, 0.6) is 0 Å². The van der Waals surface area contributed by atoms with Gasteiger partial charge in [-0.2, -0.15) is 0 Å². The molecule has 1 N–H and O–H groups in total. The Morgan fingerprint density at radius 3 is 2.55 bits per heavy atom. The van der Waals surface area contributed by atoms with E-state index in [2.05, 4.69) is 9.97 Å². The predicted octanol–water partition coefficient (Wildman–Crippen LogP) is 5.12. The quantitative estimate of drug-likeness (QED) is 0.663. The molecule has 2 aromatic carbocycles. The highest BCUT2D eigenvalue weighted by Gasteiger charge is 2.17. The Kier molecular flexibility index (Phi) is 3.15. The van der Waals surface area contributed by atoms with Crippen LogP contribution >= 0.6 is 23.2 Å². The largest absolute Gasteiger partial charge is 0.338 e. The van der Waals surface area contributed by atoms with Crippen molar-refractivity contribution in [2.45, 2.75) is 6.92 Å². The molecule has 20 heavy (non-hydrogen) atoms. The summed E-state index contributed by atoms with van der Waals surface area (Å²) < 4.78 is 27.9. The van der Waals surface area contributed by atoms with Crippen LogP contribution in [-0.4, -0.2) is 9.97 Å². The van der Waals surface area contributed by atoms with E-state index < -0.39 is 11.6 Å². The van der Waals surface area contributed by atoms with Gasteiger partial charge in [-0.3, -0.25) is 0 Å². The third kappa shape index (κ3) is 2.05. The van der Waals surface area contributed by atoms with Crippen molar-refractivity contribution in [3.8, 4) is 11.4 Å². The molecule has 0 saturated heterocycles. The number of H-pyrrole nitrogens is 1. The molecule has 2 nitrogen and oxygen atoms in total. The molecule has 0 aliphatic carbocycles. The monoisotopic (exact) mass is 312 g/mol. The fourth-order valence-electron chi connectivity index (χ4n) is 2.00. The molecule has 0 amide bonds. The SMILES string of the molecule is Cc1ccc(F)c(-c2nc3cc(Cl)c(Cl)cc3[nH]2)c1F. The normalized spacial score (nSPS) is 11.2. The van der Waals surface area contributed by atoms with Gasteiger partial charge in [-0.25, -0.2) is 13.8 Å². The lowest BCUT2D eigenvalue weighted by Crippen LogP contribution is -1.94. The second-order valence-corrected chi connectivity index (χ2v) is 5.24. The van der Waals surface area contributed by atoms with Gasteiger partial charge in [0.15, 0.2) is 0 Å². The van der Waals surface area contributed by atoms with Gasteiger partial charge in [-0.1, -0.05) is 29.3 Å². The zero-order valence-electron chi connectivity index (χ0n) is 10.3. The molecule has 0 radical (unpaired) electrons. The zero-order chi connectivity index (χ0) is 14.4. The Balaban J connectivity index is 2.28. The lowest BCUT2D eigenvalue weighted by atomic mass is 10.1. The smallest absolute Gasteiger partial charge is 0.144 e. The maximum atomic E-state index is 14.1. The highest BCUT2D eigenvalue weighted by molar-refractivity contribution is 6.42. The van der Waals surface area contributed by atoms with Crippen LogP contribution in [0.2, 0.25) is 10.0 Å². The van der Waals surface area contributed by atoms with Gasteiger partial charge < -0.3 is 4.98 Å². The van der Waals surface area contributed by atoms with Crippen LogP contribution in [0.15, 0.2) is 24.3 Å². The lowest BCUT2D eigenvalue weighted by Gasteiger charge is -2.03. The summed E-state index contributed by atoms with van der Waals surface area (Å²) in [6.07, 6.45) is 0. The number of aromatic nitrogens is 2. The van der Waals surface area contributed by atoms with Crippen LogP contribution in [-0.2, 0) is 0 Å². The summed E-state index contributed by atoms with van der Waals surface area (Å²) in [5.41, 5.74) is 1.22. The zero-order valence-corrected chi connectivity index (χ0v) is 11.8. The molecule has 0 aliphatic rings. The molecule has 3 aromatic rings. The van der Waals surface area contributed by atoms with Gasteiger partial charge in [-0.05, 0) is 30.7 Å². The first-order valence-corrected chi connectivity index (χ1v) is 6.52. The third-order valence-corrected chi connectivity index (χ3v) is 3.77. The average molecular weight is 313 g/mol. The molecule has 102 valence electrons. The number of aryl methyl sites for hydroxylation is 1. The van der Waals surface area contributed by atoms with Gasteiger partial charge >= 0.3 is 0 Å². The van der Waals surface area contributed by atoms with E-state index in [1.807, 2.05) is 0 Å². The standard InChI is InChI=1S/C14H8Cl2F2N2/c1-6-2-3-9(17)12(13(6)18)14-19-10-4-7(15)8(16)5-11(10)20-14/h2-5H,1H3,(H,19,20). The van der Waals surface area contributed by atoms with E-state index in [-0.39, 0.29) is 11.4 Å². The Labute approximate surface area is 123 Å². The predicted molar refractivity (Wildman–Crippen MR) is 76.2 cm³/mol. The van der Waals surface area contributed by atoms with Crippen LogP contribution in [0.25, 0.3) is 22.4 Å². The number of hydrogen-bond acceptors (Lipinski definition) is 1. The minimum Gasteiger partial charge on any atom is -0.338 e. The molecule has 6 heteroatoms. The number of nitrogens with one attached hydrogen (secondary N) is 1. The number of imidazole rings is 1. The van der Waals surface area contributed by atoms with E-state index in [1.54, 1.807) is 19.1 Å². The average Bonchev–Trinajstić information content (AvgIpc) is 2.77. The van der Waals surface area contributed by atoms with Crippen LogP contribution in [0.4, 0.5) is 8.78 Å². The minimum atomic E-state index is -0.677. The molecule has 0 unspecified atom stereocenters. The molecule has 0 aliphatic heterocycles. The first-order chi connectivity index (χ1) is 9.47. The number of halogens is 4. The molecule has 1 heterocycles. The van der Waals surface area contributed by atoms with Crippen molar-refractivity contribution in [2.75, 3.05) is 0 Å². The van der Waals surface area contributed by atoms with Crippen molar-refractivity contribution in [1.82, 2.24) is 9.97 Å². The van der Waals surface area contributed by atoms with Gasteiger partial charge in [0.05, 0.1) is 26.6 Å². The summed E-state index contributed by atoms with van der Waals surface area (Å²) in [4.78, 5) is 7.02. The van der Waals surface area contributed by atoms with E-state index in [0.29, 0.717) is 26.6 Å². The summed E-state index contributed by atoms with van der Waals surface area (Å²) in [6, 6.07) is 5.71. The number of nitrogens with zero attached hydrogens (tertiary/aromatic N) is 1. The fraction of sp³-hybridized carbons (Fsp3) is 0.0714. The molecule has 3 rings (SSSR count). The molecule has 0 fully saturated rings. The second-order valence-electron chi connectivity index (χ2n) is 4.42. The molecule has 0 atom stereocenters. The van der Waals surface area contributed by atoms with Gasteiger partial charge in [0, 0.05) is 0 Å². The van der Waals surface area contributed by atoms with Crippen molar-refractivity contribution in [2.24, 2.45) is 0 Å². The fourth-order valence-corrected chi connectivity index (χ4v) is 2.32. The van der Waals surface area contributed by atoms with Gasteiger partial charge in [0.2, 0.25) is 0 Å². The van der Waals surface area contributed by atoms with Crippen LogP contribution in [0, 0.1) is 18.6 Å². The van der Waals surface area contributed by atoms with Crippen LogP contribution in [0.1, 0.15) is 5.56 Å². The minimum absolute atomic E-state index is 0.108. The van der Waals surface area contributed by atoms with Crippen molar-refractivity contribution in [3.05, 3.63) is 51.5 Å². The molecule has 0 saturated carbocycles. The number of benzene rings is 2. The molecular formula is C14H8Cl2F2N2. The number of rotatable bonds is 1. The Morgan fingerprint density at radius 1 is 1.10 bits per heavy atom. The van der Waals surface area contributed by atoms with Gasteiger partial charge in [0.25, 0.3) is 0 Å². The van der Waals surface area contributed by atoms with Crippen molar-refractivity contribution >= 4 is 34.2 Å². The highest BCUT2D eigenvalue weighted by Crippen LogP contribution is 2.31. The van der Waals surface area contributed by atoms with Crippen molar-refractivity contribution in [1.29, 1.82) is 0 Å². The lowest BCUT2D eigenvalue weighted by molar-refractivity contribution is 0.582. The maximum Gasteiger partial charge on any atom is 0.144 e. The molecule has 1 aromatic heterocycles. The Morgan fingerprint density at radius 2 is 1.80 bits per heavy atom. The van der Waals surface area contributed by atoms with E-state index >= 15 is 0 Å². The topological polar surface area (TPSA) is 28.7 Å². The summed E-state index contributed by atoms with van der Waals surface area (Å²) in [7, 11) is 0. The first kappa shape index (κ1) is 13.3. The summed E-state index contributed by atoms with van der Waals surface area (Å²) in [5, 5.41) is 0.682. The number of fused-ring (bicyclic) bond motifs is 1. The number of hydrogen-bond donors (Lipinski definition) is 1. The Bertz CT molecular complexity index is 789. The van der Waals surface area contributed by atoms with E-state index in [0.717, 1.165) is 0 Å². The van der Waals surface area contributed by atoms with Crippen molar-refractivity contribution < 1.29 is 8.78 Å². The van der Waals surface area contributed by atoms with Crippen molar-refractivity contribution in [3.63, 3.8) is 0 Å². The summed E-state index contributed by atoms with van der Waals surface area (Å²) in [6.45, 7) is 1.56. The summed E-state index contributed by atoms with van der Waals surface area (Å²) >= 11 is 11.8. The van der Waals surface area contributed by atoms with Crippen LogP contribution < -0.4 is 0 Å². The van der Waals surface area contributed by atoms with Gasteiger partial charge in [0.1, 0.15) is 17.5 Å². The highest BCUT2D eigenvalue weighted by atomic mass is 35.5. The number of aromatic amines is 1. The molecule has 0 spiro atoms.